The van der Waals surface area contributed by atoms with Gasteiger partial charge in [-0.25, -0.2) is 0 Å². The highest BCUT2D eigenvalue weighted by Crippen LogP contribution is 2.29. The van der Waals surface area contributed by atoms with Crippen LogP contribution in [0, 0.1) is 13.8 Å². The molecule has 0 spiro atoms. The summed E-state index contributed by atoms with van der Waals surface area (Å²) < 4.78 is 40.6. The van der Waals surface area contributed by atoms with E-state index in [1.54, 1.807) is 44.2 Å². The van der Waals surface area contributed by atoms with Crippen molar-refractivity contribution in [2.24, 2.45) is 0 Å². The molecule has 0 radical (unpaired) electrons. The van der Waals surface area contributed by atoms with Gasteiger partial charge in [0, 0.05) is 0 Å². The highest BCUT2D eigenvalue weighted by atomic mass is 35.5. The molecule has 6 nitrogen and oxygen atoms in total. The van der Waals surface area contributed by atoms with Gasteiger partial charge >= 0.3 is 6.61 Å². The van der Waals surface area contributed by atoms with Gasteiger partial charge in [0.25, 0.3) is 5.91 Å². The number of carbonyl (C=O) groups excluding carboxylic acids is 1. The van der Waals surface area contributed by atoms with E-state index in [-0.39, 0.29) is 23.7 Å². The largest absolute Gasteiger partial charge is 0.487 e. The molecule has 0 aliphatic heterocycles. The Kier molecular flexibility index (Phi) is 6.33. The predicted octanol–water partition coefficient (Wildman–Crippen LogP) is 5.38. The third-order valence-electron chi connectivity index (χ3n) is 4.01. The zero-order valence-corrected chi connectivity index (χ0v) is 16.3. The van der Waals surface area contributed by atoms with Gasteiger partial charge in [-0.05, 0) is 43.7 Å². The Hall–Kier alpha value is -3.13. The molecule has 0 fully saturated rings. The first-order valence-corrected chi connectivity index (χ1v) is 8.92. The van der Waals surface area contributed by atoms with E-state index in [4.69, 9.17) is 20.9 Å². The maximum atomic E-state index is 12.7. The zero-order valence-electron chi connectivity index (χ0n) is 15.5. The highest BCUT2D eigenvalue weighted by Gasteiger charge is 2.22. The quantitative estimate of drug-likeness (QED) is 0.553. The smallest absolute Gasteiger partial charge is 0.387 e. The lowest BCUT2D eigenvalue weighted by Crippen LogP contribution is -2.17. The van der Waals surface area contributed by atoms with Crippen LogP contribution >= 0.6 is 11.6 Å². The average molecular weight is 423 g/mol. The zero-order chi connectivity index (χ0) is 21.0. The summed E-state index contributed by atoms with van der Waals surface area (Å²) in [6.45, 7) is 0.304. The fourth-order valence-corrected chi connectivity index (χ4v) is 2.75. The number of ether oxygens (including phenoxy) is 2. The molecule has 0 aliphatic carbocycles. The second-order valence-corrected chi connectivity index (χ2v) is 6.52. The van der Waals surface area contributed by atoms with Crippen LogP contribution in [-0.4, -0.2) is 17.7 Å². The van der Waals surface area contributed by atoms with E-state index in [0.29, 0.717) is 27.7 Å². The number of para-hydroxylation sites is 1. The summed E-state index contributed by atoms with van der Waals surface area (Å²) in [4.78, 5) is 12.7. The molecule has 1 N–H and O–H groups in total. The number of benzene rings is 2. The number of alkyl halides is 2. The molecule has 3 aromatic rings. The first-order valence-electron chi connectivity index (χ1n) is 8.54. The van der Waals surface area contributed by atoms with E-state index in [0.717, 1.165) is 0 Å². The minimum absolute atomic E-state index is 0.0177. The van der Waals surface area contributed by atoms with Crippen molar-refractivity contribution >= 4 is 23.2 Å². The maximum Gasteiger partial charge on any atom is 0.387 e. The lowest BCUT2D eigenvalue weighted by molar-refractivity contribution is -0.0494. The Morgan fingerprint density at radius 2 is 1.97 bits per heavy atom. The molecule has 1 heterocycles. The van der Waals surface area contributed by atoms with E-state index in [1.807, 2.05) is 0 Å². The van der Waals surface area contributed by atoms with Crippen molar-refractivity contribution in [1.29, 1.82) is 0 Å². The summed E-state index contributed by atoms with van der Waals surface area (Å²) in [7, 11) is 0. The minimum atomic E-state index is -3.03. The predicted molar refractivity (Wildman–Crippen MR) is 103 cm³/mol. The monoisotopic (exact) mass is 422 g/mol. The number of nitrogens with zero attached hydrogens (tertiary/aromatic N) is 1. The van der Waals surface area contributed by atoms with Crippen molar-refractivity contribution in [2.45, 2.75) is 27.1 Å². The molecule has 0 aliphatic rings. The molecule has 2 aromatic carbocycles. The topological polar surface area (TPSA) is 73.6 Å². The molecule has 3 rings (SSSR count). The maximum absolute atomic E-state index is 12.7. The van der Waals surface area contributed by atoms with Gasteiger partial charge in [0.1, 0.15) is 23.9 Å². The van der Waals surface area contributed by atoms with Gasteiger partial charge in [-0.1, -0.05) is 35.0 Å². The first kappa shape index (κ1) is 20.6. The average Bonchev–Trinajstić information content (AvgIpc) is 3.03. The highest BCUT2D eigenvalue weighted by molar-refractivity contribution is 6.32. The van der Waals surface area contributed by atoms with Crippen LogP contribution in [-0.2, 0) is 6.61 Å². The molecule has 152 valence electrons. The minimum Gasteiger partial charge on any atom is -0.487 e. The Bertz CT molecular complexity index is 1020. The number of hydrogen-bond donors (Lipinski definition) is 1. The number of hydrogen-bond acceptors (Lipinski definition) is 5. The second kappa shape index (κ2) is 8.91. The van der Waals surface area contributed by atoms with Gasteiger partial charge in [0.2, 0.25) is 0 Å². The molecule has 9 heteroatoms. The number of aromatic nitrogens is 1. The molecule has 0 saturated heterocycles. The number of halogens is 3. The van der Waals surface area contributed by atoms with Crippen molar-refractivity contribution < 1.29 is 27.6 Å². The van der Waals surface area contributed by atoms with Crippen LogP contribution < -0.4 is 14.8 Å². The molecule has 1 aromatic heterocycles. The first-order chi connectivity index (χ1) is 13.8. The lowest BCUT2D eigenvalue weighted by atomic mass is 10.1. The number of rotatable bonds is 7. The van der Waals surface area contributed by atoms with Gasteiger partial charge in [-0.3, -0.25) is 4.79 Å². The van der Waals surface area contributed by atoms with Crippen molar-refractivity contribution in [1.82, 2.24) is 5.16 Å². The van der Waals surface area contributed by atoms with E-state index in [1.165, 1.54) is 12.1 Å². The van der Waals surface area contributed by atoms with Crippen LogP contribution in [0.2, 0.25) is 5.02 Å². The number of carbonyl (C=O) groups is 1. The van der Waals surface area contributed by atoms with Gasteiger partial charge in [0.15, 0.2) is 5.69 Å². The summed E-state index contributed by atoms with van der Waals surface area (Å²) >= 11 is 6.07. The van der Waals surface area contributed by atoms with Crippen LogP contribution in [0.15, 0.2) is 47.0 Å². The van der Waals surface area contributed by atoms with Crippen LogP contribution in [0.25, 0.3) is 0 Å². The Labute approximate surface area is 170 Å². The van der Waals surface area contributed by atoms with Crippen molar-refractivity contribution in [3.63, 3.8) is 0 Å². The van der Waals surface area contributed by atoms with Crippen LogP contribution in [0.4, 0.5) is 14.5 Å². The van der Waals surface area contributed by atoms with Gasteiger partial charge in [-0.2, -0.15) is 8.78 Å². The number of nitrogens with one attached hydrogen (secondary N) is 1. The Balaban J connectivity index is 1.80. The standard InChI is InChI=1S/C20H17ClF2N2O4/c1-11-7-8-15(17(9-11)28-20(22)23)24-19(26)18-13(12(2)29-25-18)10-27-16-6-4-3-5-14(16)21/h3-9,20H,10H2,1-2H3,(H,24,26). The van der Waals surface area contributed by atoms with Crippen LogP contribution in [0.5, 0.6) is 11.5 Å². The lowest BCUT2D eigenvalue weighted by Gasteiger charge is -2.12. The third kappa shape index (κ3) is 5.03. The van der Waals surface area contributed by atoms with E-state index < -0.39 is 12.5 Å². The Morgan fingerprint density at radius 3 is 2.69 bits per heavy atom. The van der Waals surface area contributed by atoms with Gasteiger partial charge in [-0.15, -0.1) is 0 Å². The summed E-state index contributed by atoms with van der Waals surface area (Å²) in [5, 5.41) is 6.70. The SMILES string of the molecule is Cc1ccc(NC(=O)c2noc(C)c2COc2ccccc2Cl)c(OC(F)F)c1. The molecule has 1 amide bonds. The molecule has 0 unspecified atom stereocenters. The van der Waals surface area contributed by atoms with Crippen molar-refractivity contribution in [3.05, 3.63) is 70.1 Å². The molecule has 0 bridgehead atoms. The number of anilines is 1. The molecule has 0 saturated carbocycles. The van der Waals surface area contributed by atoms with E-state index in [2.05, 4.69) is 15.2 Å². The van der Waals surface area contributed by atoms with Gasteiger partial charge in [0.05, 0.1) is 16.3 Å². The molecule has 29 heavy (non-hydrogen) atoms. The number of amides is 1. The third-order valence-corrected chi connectivity index (χ3v) is 4.32. The van der Waals surface area contributed by atoms with Gasteiger partial charge < -0.3 is 19.3 Å². The molecular weight excluding hydrogens is 406 g/mol. The van der Waals surface area contributed by atoms with Crippen LogP contribution in [0.3, 0.4) is 0 Å². The fourth-order valence-electron chi connectivity index (χ4n) is 2.56. The second-order valence-electron chi connectivity index (χ2n) is 6.12. The summed E-state index contributed by atoms with van der Waals surface area (Å²) in [6.07, 6.45) is 0. The van der Waals surface area contributed by atoms with Crippen molar-refractivity contribution in [3.8, 4) is 11.5 Å². The fraction of sp³-hybridized carbons (Fsp3) is 0.200. The van der Waals surface area contributed by atoms with Crippen LogP contribution in [0.1, 0.15) is 27.4 Å². The Morgan fingerprint density at radius 1 is 1.21 bits per heavy atom. The van der Waals surface area contributed by atoms with E-state index in [9.17, 15) is 13.6 Å². The summed E-state index contributed by atoms with van der Waals surface area (Å²) in [6, 6.07) is 11.4. The van der Waals surface area contributed by atoms with E-state index >= 15 is 0 Å². The normalized spacial score (nSPS) is 10.8. The molecular formula is C20H17ClF2N2O4. The molecule has 0 atom stereocenters. The van der Waals surface area contributed by atoms with Crippen molar-refractivity contribution in [2.75, 3.05) is 5.32 Å². The summed E-state index contributed by atoms with van der Waals surface area (Å²) in [5.74, 6) is 0.0208. The summed E-state index contributed by atoms with van der Waals surface area (Å²) in [5.41, 5.74) is 1.16. The number of aryl methyl sites for hydroxylation is 2.